The number of hydrogen-bond donors (Lipinski definition) is 1. The maximum Gasteiger partial charge on any atom is 0.198 e. The number of hydrogen-bond acceptors (Lipinski definition) is 2. The lowest BCUT2D eigenvalue weighted by molar-refractivity contribution is 0.572. The largest absolute Gasteiger partial charge is 0.498 e. The standard InChI is InChI=1S/C6H6OS2/c1-4-2-3-5(9-4)6(7)8/h2-3H,1H3,(H,7,8). The quantitative estimate of drug-likeness (QED) is 0.633. The Morgan fingerprint density at radius 2 is 2.33 bits per heavy atom. The second-order valence-corrected chi connectivity index (χ2v) is 3.39. The Bertz CT molecular complexity index is 227. The topological polar surface area (TPSA) is 20.2 Å². The first-order valence-corrected chi connectivity index (χ1v) is 3.72. The van der Waals surface area contributed by atoms with Crippen molar-refractivity contribution >= 4 is 28.6 Å². The van der Waals surface area contributed by atoms with Crippen LogP contribution in [0.5, 0.6) is 0 Å². The average molecular weight is 158 g/mol. The Morgan fingerprint density at radius 1 is 1.67 bits per heavy atom. The highest BCUT2D eigenvalue weighted by atomic mass is 32.1. The lowest BCUT2D eigenvalue weighted by Gasteiger charge is -1.84. The van der Waals surface area contributed by atoms with Crippen LogP contribution in [0.25, 0.3) is 0 Å². The molecule has 0 saturated heterocycles. The predicted octanol–water partition coefficient (Wildman–Crippen LogP) is 2.29. The highest BCUT2D eigenvalue weighted by molar-refractivity contribution is 7.80. The van der Waals surface area contributed by atoms with Gasteiger partial charge in [0.1, 0.15) is 0 Å². The van der Waals surface area contributed by atoms with E-state index in [1.165, 1.54) is 16.2 Å². The maximum absolute atomic E-state index is 8.78. The summed E-state index contributed by atoms with van der Waals surface area (Å²) in [7, 11) is 0. The molecule has 0 aromatic carbocycles. The van der Waals surface area contributed by atoms with Crippen molar-refractivity contribution in [2.75, 3.05) is 0 Å². The summed E-state index contributed by atoms with van der Waals surface area (Å²) in [5.74, 6) is 0. The van der Waals surface area contributed by atoms with Crippen molar-refractivity contribution in [1.82, 2.24) is 0 Å². The highest BCUT2D eigenvalue weighted by Crippen LogP contribution is 2.14. The predicted molar refractivity (Wildman–Crippen MR) is 43.4 cm³/mol. The van der Waals surface area contributed by atoms with Crippen molar-refractivity contribution in [2.45, 2.75) is 6.92 Å². The van der Waals surface area contributed by atoms with Gasteiger partial charge in [-0.15, -0.1) is 11.3 Å². The van der Waals surface area contributed by atoms with Crippen LogP contribution in [-0.2, 0) is 0 Å². The van der Waals surface area contributed by atoms with Gasteiger partial charge in [-0.25, -0.2) is 0 Å². The summed E-state index contributed by atoms with van der Waals surface area (Å²) in [6, 6.07) is 3.75. The Morgan fingerprint density at radius 3 is 2.56 bits per heavy atom. The molecule has 0 saturated carbocycles. The lowest BCUT2D eigenvalue weighted by Crippen LogP contribution is -1.86. The summed E-state index contributed by atoms with van der Waals surface area (Å²) >= 11 is 6.05. The molecule has 1 aromatic heterocycles. The Balaban J connectivity index is 2.98. The summed E-state index contributed by atoms with van der Waals surface area (Å²) in [5, 5.41) is 8.77. The zero-order valence-electron chi connectivity index (χ0n) is 4.92. The van der Waals surface area contributed by atoms with Gasteiger partial charge in [0.2, 0.25) is 0 Å². The molecule has 0 aliphatic carbocycles. The summed E-state index contributed by atoms with van der Waals surface area (Å²) in [5.41, 5.74) is 0. The van der Waals surface area contributed by atoms with Crippen LogP contribution in [0.4, 0.5) is 0 Å². The van der Waals surface area contributed by atoms with Crippen LogP contribution in [0, 0.1) is 6.92 Å². The Kier molecular flexibility index (Phi) is 1.83. The molecule has 48 valence electrons. The highest BCUT2D eigenvalue weighted by Gasteiger charge is 1.98. The van der Waals surface area contributed by atoms with Gasteiger partial charge in [0, 0.05) is 4.88 Å². The van der Waals surface area contributed by atoms with Crippen LogP contribution in [0.2, 0.25) is 0 Å². The van der Waals surface area contributed by atoms with Gasteiger partial charge in [-0.05, 0) is 31.3 Å². The Labute approximate surface area is 63.0 Å². The SMILES string of the molecule is Cc1ccc(C(O)=S)s1. The van der Waals surface area contributed by atoms with Gasteiger partial charge >= 0.3 is 0 Å². The van der Waals surface area contributed by atoms with E-state index in [1.807, 2.05) is 19.1 Å². The molecule has 0 fully saturated rings. The third-order valence-corrected chi connectivity index (χ3v) is 2.31. The fourth-order valence-electron chi connectivity index (χ4n) is 0.549. The van der Waals surface area contributed by atoms with Crippen molar-refractivity contribution in [1.29, 1.82) is 0 Å². The van der Waals surface area contributed by atoms with Crippen LogP contribution < -0.4 is 0 Å². The van der Waals surface area contributed by atoms with E-state index in [0.717, 1.165) is 4.88 Å². The van der Waals surface area contributed by atoms with Gasteiger partial charge < -0.3 is 5.11 Å². The van der Waals surface area contributed by atoms with Crippen molar-refractivity contribution < 1.29 is 5.11 Å². The Hall–Kier alpha value is -0.410. The molecule has 0 atom stereocenters. The van der Waals surface area contributed by atoms with Crippen LogP contribution in [0.1, 0.15) is 9.75 Å². The average Bonchev–Trinajstić information content (AvgIpc) is 2.14. The van der Waals surface area contributed by atoms with Gasteiger partial charge in [-0.1, -0.05) is 0 Å². The molecule has 1 aromatic rings. The van der Waals surface area contributed by atoms with Crippen molar-refractivity contribution in [3.63, 3.8) is 0 Å². The van der Waals surface area contributed by atoms with E-state index >= 15 is 0 Å². The van der Waals surface area contributed by atoms with Gasteiger partial charge in [-0.2, -0.15) is 0 Å². The van der Waals surface area contributed by atoms with Crippen LogP contribution in [0.3, 0.4) is 0 Å². The minimum absolute atomic E-state index is 0.00639. The summed E-state index contributed by atoms with van der Waals surface area (Å²) < 4.78 is 0. The van der Waals surface area contributed by atoms with Crippen LogP contribution >= 0.6 is 23.6 Å². The molecule has 0 aliphatic rings. The number of aryl methyl sites for hydroxylation is 1. The first-order valence-electron chi connectivity index (χ1n) is 2.50. The molecule has 1 nitrogen and oxygen atoms in total. The second-order valence-electron chi connectivity index (χ2n) is 1.72. The first-order chi connectivity index (χ1) is 4.20. The molecule has 0 aliphatic heterocycles. The smallest absolute Gasteiger partial charge is 0.198 e. The molecule has 1 heterocycles. The number of aliphatic hydroxyl groups excluding tert-OH is 1. The van der Waals surface area contributed by atoms with Crippen molar-refractivity contribution in [3.8, 4) is 0 Å². The zero-order valence-corrected chi connectivity index (χ0v) is 6.55. The number of aliphatic hydroxyl groups is 1. The molecule has 1 N–H and O–H groups in total. The van der Waals surface area contributed by atoms with E-state index in [9.17, 15) is 0 Å². The molecule has 9 heavy (non-hydrogen) atoms. The number of rotatable bonds is 1. The minimum Gasteiger partial charge on any atom is -0.498 e. The normalized spacial score (nSPS) is 9.44. The third-order valence-electron chi connectivity index (χ3n) is 0.951. The zero-order chi connectivity index (χ0) is 6.85. The van der Waals surface area contributed by atoms with Crippen LogP contribution in [-0.4, -0.2) is 10.2 Å². The third kappa shape index (κ3) is 1.50. The van der Waals surface area contributed by atoms with Gasteiger partial charge in [0.05, 0.1) is 4.88 Å². The minimum atomic E-state index is -0.00639. The van der Waals surface area contributed by atoms with Gasteiger partial charge in [0.25, 0.3) is 0 Å². The molecular formula is C6H6OS2. The van der Waals surface area contributed by atoms with E-state index in [0.29, 0.717) is 0 Å². The van der Waals surface area contributed by atoms with E-state index in [4.69, 9.17) is 5.11 Å². The lowest BCUT2D eigenvalue weighted by atomic mass is 10.4. The van der Waals surface area contributed by atoms with Crippen LogP contribution in [0.15, 0.2) is 12.1 Å². The fraction of sp³-hybridized carbons (Fsp3) is 0.167. The molecule has 3 heteroatoms. The summed E-state index contributed by atoms with van der Waals surface area (Å²) in [4.78, 5) is 1.95. The molecule has 1 rings (SSSR count). The van der Waals surface area contributed by atoms with Crippen molar-refractivity contribution in [2.24, 2.45) is 0 Å². The van der Waals surface area contributed by atoms with Gasteiger partial charge in [-0.3, -0.25) is 0 Å². The molecule has 0 spiro atoms. The fourth-order valence-corrected chi connectivity index (χ4v) is 1.45. The van der Waals surface area contributed by atoms with Crippen molar-refractivity contribution in [3.05, 3.63) is 21.9 Å². The molecule has 0 unspecified atom stereocenters. The van der Waals surface area contributed by atoms with E-state index in [1.54, 1.807) is 0 Å². The number of thiocarbonyl (C=S) groups is 1. The molecular weight excluding hydrogens is 152 g/mol. The first kappa shape index (κ1) is 6.71. The maximum atomic E-state index is 8.78. The van der Waals surface area contributed by atoms with E-state index < -0.39 is 0 Å². The monoisotopic (exact) mass is 158 g/mol. The summed E-state index contributed by atoms with van der Waals surface area (Å²) in [6.45, 7) is 1.98. The van der Waals surface area contributed by atoms with E-state index in [2.05, 4.69) is 12.2 Å². The van der Waals surface area contributed by atoms with Gasteiger partial charge in [0.15, 0.2) is 5.05 Å². The summed E-state index contributed by atoms with van der Waals surface area (Å²) in [6.07, 6.45) is 0. The molecule has 0 radical (unpaired) electrons. The van der Waals surface area contributed by atoms with E-state index in [-0.39, 0.29) is 5.05 Å². The number of thiophene rings is 1. The molecule has 0 bridgehead atoms. The second kappa shape index (κ2) is 2.45. The molecule has 0 amide bonds.